The highest BCUT2D eigenvalue weighted by Gasteiger charge is 2.15. The molecule has 0 heterocycles. The molecule has 7 nitrogen and oxygen atoms in total. The number of hydrogen-bond acceptors (Lipinski definition) is 4. The Morgan fingerprint density at radius 2 is 1.75 bits per heavy atom. The lowest BCUT2D eigenvalue weighted by molar-refractivity contribution is 0.100. The summed E-state index contributed by atoms with van der Waals surface area (Å²) >= 11 is 0. The molecule has 24 heavy (non-hydrogen) atoms. The molecule has 0 aromatic heterocycles. The number of benzene rings is 2. The predicted octanol–water partition coefficient (Wildman–Crippen LogP) is 1.43. The van der Waals surface area contributed by atoms with Crippen LogP contribution in [0.4, 0.5) is 11.4 Å². The van der Waals surface area contributed by atoms with Crippen molar-refractivity contribution in [3.05, 3.63) is 59.7 Å². The van der Waals surface area contributed by atoms with Crippen molar-refractivity contribution in [3.8, 4) is 0 Å². The molecular weight excluding hydrogens is 330 g/mol. The SMILES string of the molecule is CN(c1cccc(C(=O)Nc2ccccc2C(N)=O)c1)S(C)(=O)=O. The number of primary amides is 1. The fraction of sp³-hybridized carbons (Fsp3) is 0.125. The first kappa shape index (κ1) is 17.5. The highest BCUT2D eigenvalue weighted by atomic mass is 32.2. The minimum Gasteiger partial charge on any atom is -0.366 e. The fourth-order valence-electron chi connectivity index (χ4n) is 2.04. The third-order valence-electron chi connectivity index (χ3n) is 3.41. The number of carbonyl (C=O) groups excluding carboxylic acids is 2. The van der Waals surface area contributed by atoms with E-state index in [4.69, 9.17) is 5.73 Å². The maximum atomic E-state index is 12.4. The molecule has 0 radical (unpaired) electrons. The van der Waals surface area contributed by atoms with E-state index < -0.39 is 21.8 Å². The van der Waals surface area contributed by atoms with Gasteiger partial charge in [-0.25, -0.2) is 8.42 Å². The van der Waals surface area contributed by atoms with Crippen LogP contribution in [0.25, 0.3) is 0 Å². The van der Waals surface area contributed by atoms with Crippen LogP contribution in [0.1, 0.15) is 20.7 Å². The molecular formula is C16H17N3O4S. The van der Waals surface area contributed by atoms with Gasteiger partial charge in [0, 0.05) is 12.6 Å². The van der Waals surface area contributed by atoms with E-state index >= 15 is 0 Å². The molecule has 0 aliphatic rings. The lowest BCUT2D eigenvalue weighted by Crippen LogP contribution is -2.25. The first-order valence-electron chi connectivity index (χ1n) is 6.94. The van der Waals surface area contributed by atoms with Crippen LogP contribution in [0.2, 0.25) is 0 Å². The molecule has 0 aliphatic heterocycles. The highest BCUT2D eigenvalue weighted by Crippen LogP contribution is 2.20. The average Bonchev–Trinajstić information content (AvgIpc) is 2.53. The summed E-state index contributed by atoms with van der Waals surface area (Å²) < 4.78 is 24.3. The van der Waals surface area contributed by atoms with Gasteiger partial charge in [0.15, 0.2) is 0 Å². The lowest BCUT2D eigenvalue weighted by Gasteiger charge is -2.17. The third kappa shape index (κ3) is 3.90. The van der Waals surface area contributed by atoms with Crippen LogP contribution < -0.4 is 15.4 Å². The number of nitrogens with one attached hydrogen (secondary N) is 1. The van der Waals surface area contributed by atoms with Crippen molar-refractivity contribution < 1.29 is 18.0 Å². The van der Waals surface area contributed by atoms with Crippen LogP contribution in [0, 0.1) is 0 Å². The van der Waals surface area contributed by atoms with Gasteiger partial charge in [-0.2, -0.15) is 0 Å². The average molecular weight is 347 g/mol. The Kier molecular flexibility index (Phi) is 4.89. The highest BCUT2D eigenvalue weighted by molar-refractivity contribution is 7.92. The van der Waals surface area contributed by atoms with Crippen LogP contribution in [-0.2, 0) is 10.0 Å². The molecule has 0 unspecified atom stereocenters. The summed E-state index contributed by atoms with van der Waals surface area (Å²) in [6.45, 7) is 0. The van der Waals surface area contributed by atoms with E-state index in [1.165, 1.54) is 19.2 Å². The molecule has 8 heteroatoms. The smallest absolute Gasteiger partial charge is 0.255 e. The van der Waals surface area contributed by atoms with Gasteiger partial charge in [0.1, 0.15) is 0 Å². The summed E-state index contributed by atoms with van der Waals surface area (Å²) in [5.41, 5.74) is 6.36. The Balaban J connectivity index is 2.30. The quantitative estimate of drug-likeness (QED) is 0.852. The summed E-state index contributed by atoms with van der Waals surface area (Å²) in [4.78, 5) is 23.8. The summed E-state index contributed by atoms with van der Waals surface area (Å²) in [7, 11) is -2.04. The third-order valence-corrected chi connectivity index (χ3v) is 4.62. The number of carbonyl (C=O) groups is 2. The van der Waals surface area contributed by atoms with E-state index in [1.54, 1.807) is 36.4 Å². The number of para-hydroxylation sites is 1. The number of amides is 2. The number of nitrogens with zero attached hydrogens (tertiary/aromatic N) is 1. The summed E-state index contributed by atoms with van der Waals surface area (Å²) in [5.74, 6) is -1.14. The molecule has 3 N–H and O–H groups in total. The molecule has 0 aliphatic carbocycles. The van der Waals surface area contributed by atoms with Crippen LogP contribution in [-0.4, -0.2) is 33.5 Å². The maximum absolute atomic E-state index is 12.4. The van der Waals surface area contributed by atoms with Gasteiger partial charge in [-0.1, -0.05) is 18.2 Å². The predicted molar refractivity (Wildman–Crippen MR) is 92.6 cm³/mol. The standard InChI is InChI=1S/C16H17N3O4S/c1-19(24(2,22)23)12-7-5-6-11(10-12)16(21)18-14-9-4-3-8-13(14)15(17)20/h3-10H,1-2H3,(H2,17,20)(H,18,21). The van der Waals surface area contributed by atoms with Crippen molar-refractivity contribution >= 4 is 33.2 Å². The Bertz CT molecular complexity index is 894. The van der Waals surface area contributed by atoms with Crippen molar-refractivity contribution in [3.63, 3.8) is 0 Å². The summed E-state index contributed by atoms with van der Waals surface area (Å²) in [5, 5.41) is 2.61. The molecule has 0 spiro atoms. The number of nitrogens with two attached hydrogens (primary N) is 1. The van der Waals surface area contributed by atoms with Gasteiger partial charge in [-0.05, 0) is 30.3 Å². The Morgan fingerprint density at radius 1 is 1.08 bits per heavy atom. The molecule has 2 aromatic carbocycles. The van der Waals surface area contributed by atoms with Gasteiger partial charge in [-0.3, -0.25) is 13.9 Å². The first-order chi connectivity index (χ1) is 11.2. The van der Waals surface area contributed by atoms with Crippen molar-refractivity contribution in [2.45, 2.75) is 0 Å². The van der Waals surface area contributed by atoms with Crippen LogP contribution in [0.5, 0.6) is 0 Å². The summed E-state index contributed by atoms with van der Waals surface area (Å²) in [6.07, 6.45) is 1.07. The number of hydrogen-bond donors (Lipinski definition) is 2. The van der Waals surface area contributed by atoms with Crippen LogP contribution in [0.15, 0.2) is 48.5 Å². The fourth-order valence-corrected chi connectivity index (χ4v) is 2.53. The van der Waals surface area contributed by atoms with E-state index in [-0.39, 0.29) is 16.8 Å². The second-order valence-corrected chi connectivity index (χ2v) is 7.16. The van der Waals surface area contributed by atoms with E-state index in [1.807, 2.05) is 0 Å². The van der Waals surface area contributed by atoms with Gasteiger partial charge in [-0.15, -0.1) is 0 Å². The molecule has 0 bridgehead atoms. The van der Waals surface area contributed by atoms with E-state index in [0.29, 0.717) is 5.69 Å². The summed E-state index contributed by atoms with van der Waals surface area (Å²) in [6, 6.07) is 12.5. The van der Waals surface area contributed by atoms with Gasteiger partial charge in [0.2, 0.25) is 10.0 Å². The van der Waals surface area contributed by atoms with E-state index in [0.717, 1.165) is 10.6 Å². The zero-order valence-electron chi connectivity index (χ0n) is 13.2. The van der Waals surface area contributed by atoms with E-state index in [9.17, 15) is 18.0 Å². The number of rotatable bonds is 5. The Morgan fingerprint density at radius 3 is 2.38 bits per heavy atom. The minimum absolute atomic E-state index is 0.190. The van der Waals surface area contributed by atoms with Gasteiger partial charge < -0.3 is 11.1 Å². The van der Waals surface area contributed by atoms with E-state index in [2.05, 4.69) is 5.32 Å². The Hall–Kier alpha value is -2.87. The Labute approximate surface area is 140 Å². The van der Waals surface area contributed by atoms with Crippen LogP contribution in [0.3, 0.4) is 0 Å². The van der Waals surface area contributed by atoms with Gasteiger partial charge in [0.25, 0.3) is 11.8 Å². The molecule has 0 saturated carbocycles. The first-order valence-corrected chi connectivity index (χ1v) is 8.79. The molecule has 2 amide bonds. The monoisotopic (exact) mass is 347 g/mol. The molecule has 0 saturated heterocycles. The molecule has 0 atom stereocenters. The second kappa shape index (κ2) is 6.71. The topological polar surface area (TPSA) is 110 Å². The maximum Gasteiger partial charge on any atom is 0.255 e. The zero-order valence-corrected chi connectivity index (χ0v) is 14.0. The van der Waals surface area contributed by atoms with Crippen molar-refractivity contribution in [2.24, 2.45) is 5.73 Å². The molecule has 2 aromatic rings. The number of sulfonamides is 1. The largest absolute Gasteiger partial charge is 0.366 e. The number of anilines is 2. The molecule has 0 fully saturated rings. The lowest BCUT2D eigenvalue weighted by atomic mass is 10.1. The normalized spacial score (nSPS) is 10.9. The second-order valence-electron chi connectivity index (χ2n) is 5.14. The van der Waals surface area contributed by atoms with Crippen molar-refractivity contribution in [1.82, 2.24) is 0 Å². The molecule has 2 rings (SSSR count). The van der Waals surface area contributed by atoms with Crippen LogP contribution >= 0.6 is 0 Å². The van der Waals surface area contributed by atoms with Gasteiger partial charge in [0.05, 0.1) is 23.2 Å². The van der Waals surface area contributed by atoms with Gasteiger partial charge >= 0.3 is 0 Å². The molecule has 126 valence electrons. The minimum atomic E-state index is -3.43. The van der Waals surface area contributed by atoms with Crippen molar-refractivity contribution in [2.75, 3.05) is 22.9 Å². The zero-order chi connectivity index (χ0) is 17.9. The van der Waals surface area contributed by atoms with Crippen molar-refractivity contribution in [1.29, 1.82) is 0 Å².